The van der Waals surface area contributed by atoms with Crippen LogP contribution < -0.4 is 5.32 Å². The van der Waals surface area contributed by atoms with Gasteiger partial charge >= 0.3 is 0 Å². The Kier molecular flexibility index (Phi) is 3.19. The van der Waals surface area contributed by atoms with E-state index in [0.29, 0.717) is 0 Å². The summed E-state index contributed by atoms with van der Waals surface area (Å²) in [5.74, 6) is -0.329. The Bertz CT molecular complexity index is 521. The third-order valence-corrected chi connectivity index (χ3v) is 2.71. The number of rotatable bonds is 3. The van der Waals surface area contributed by atoms with Crippen molar-refractivity contribution in [1.82, 2.24) is 20.1 Å². The summed E-state index contributed by atoms with van der Waals surface area (Å²) in [6, 6.07) is 1.40. The first-order chi connectivity index (χ1) is 8.11. The van der Waals surface area contributed by atoms with Crippen molar-refractivity contribution >= 4 is 0 Å². The zero-order valence-electron chi connectivity index (χ0n) is 10.1. The van der Waals surface area contributed by atoms with Crippen molar-refractivity contribution in [1.29, 1.82) is 0 Å². The number of nitrogens with zero attached hydrogens (tertiary/aromatic N) is 3. The fraction of sp³-hybridized carbons (Fsp3) is 0.333. The van der Waals surface area contributed by atoms with E-state index in [1.54, 1.807) is 10.9 Å². The average molecular weight is 234 g/mol. The summed E-state index contributed by atoms with van der Waals surface area (Å²) in [6.07, 6.45) is 4.80. The van der Waals surface area contributed by atoms with E-state index in [4.69, 9.17) is 0 Å². The fourth-order valence-corrected chi connectivity index (χ4v) is 1.99. The number of hydrogen-bond donors (Lipinski definition) is 1. The Morgan fingerprint density at radius 3 is 2.71 bits per heavy atom. The van der Waals surface area contributed by atoms with Gasteiger partial charge in [-0.1, -0.05) is 0 Å². The van der Waals surface area contributed by atoms with Gasteiger partial charge in [-0.15, -0.1) is 0 Å². The van der Waals surface area contributed by atoms with Crippen molar-refractivity contribution in [3.8, 4) is 0 Å². The van der Waals surface area contributed by atoms with Crippen molar-refractivity contribution in [2.45, 2.75) is 13.0 Å². The first kappa shape index (κ1) is 11.7. The summed E-state index contributed by atoms with van der Waals surface area (Å²) in [7, 11) is 3.70. The minimum absolute atomic E-state index is 0.0908. The summed E-state index contributed by atoms with van der Waals surface area (Å²) in [6.45, 7) is 1.94. The topological polar surface area (TPSA) is 42.7 Å². The highest BCUT2D eigenvalue weighted by Crippen LogP contribution is 2.23. The summed E-state index contributed by atoms with van der Waals surface area (Å²) in [5.41, 5.74) is 2.75. The highest BCUT2D eigenvalue weighted by Gasteiger charge is 2.17. The molecule has 0 radical (unpaired) electrons. The second-order valence-corrected chi connectivity index (χ2v) is 4.00. The molecule has 0 saturated heterocycles. The summed E-state index contributed by atoms with van der Waals surface area (Å²) >= 11 is 0. The van der Waals surface area contributed by atoms with E-state index < -0.39 is 0 Å². The van der Waals surface area contributed by atoms with Gasteiger partial charge in [0.25, 0.3) is 0 Å². The Labute approximate surface area is 99.5 Å². The lowest BCUT2D eigenvalue weighted by molar-refractivity contribution is 0.608. The molecular formula is C12H15FN4. The van der Waals surface area contributed by atoms with Gasteiger partial charge in [0, 0.05) is 25.0 Å². The van der Waals surface area contributed by atoms with E-state index in [1.807, 2.05) is 27.2 Å². The van der Waals surface area contributed by atoms with Gasteiger partial charge in [-0.3, -0.25) is 9.67 Å². The van der Waals surface area contributed by atoms with Gasteiger partial charge in [0.2, 0.25) is 0 Å². The minimum Gasteiger partial charge on any atom is -0.309 e. The number of nitrogens with one attached hydrogen (secondary N) is 1. The van der Waals surface area contributed by atoms with Crippen LogP contribution in [0.2, 0.25) is 0 Å². The molecule has 5 heteroatoms. The lowest BCUT2D eigenvalue weighted by atomic mass is 10.0. The molecule has 1 atom stereocenters. The van der Waals surface area contributed by atoms with Crippen molar-refractivity contribution in [2.75, 3.05) is 7.05 Å². The van der Waals surface area contributed by atoms with Gasteiger partial charge in [0.05, 0.1) is 17.9 Å². The maximum Gasteiger partial charge on any atom is 0.141 e. The number of aromatic nitrogens is 3. The van der Waals surface area contributed by atoms with Crippen molar-refractivity contribution < 1.29 is 4.39 Å². The predicted molar refractivity (Wildman–Crippen MR) is 63.0 cm³/mol. The van der Waals surface area contributed by atoms with Gasteiger partial charge in [0.1, 0.15) is 5.82 Å². The average Bonchev–Trinajstić information content (AvgIpc) is 2.59. The lowest BCUT2D eigenvalue weighted by Gasteiger charge is -2.15. The van der Waals surface area contributed by atoms with Crippen LogP contribution in [0.15, 0.2) is 24.7 Å². The molecular weight excluding hydrogens is 219 g/mol. The van der Waals surface area contributed by atoms with Crippen LogP contribution in [0.1, 0.15) is 22.9 Å². The zero-order valence-corrected chi connectivity index (χ0v) is 10.1. The number of aryl methyl sites for hydroxylation is 2. The van der Waals surface area contributed by atoms with Crippen LogP contribution in [0, 0.1) is 12.7 Å². The SMILES string of the molecule is CNC(c1cncc(F)c1)c1cn(C)nc1C. The summed E-state index contributed by atoms with van der Waals surface area (Å²) < 4.78 is 14.9. The highest BCUT2D eigenvalue weighted by molar-refractivity contribution is 5.31. The summed E-state index contributed by atoms with van der Waals surface area (Å²) in [4.78, 5) is 3.87. The first-order valence-corrected chi connectivity index (χ1v) is 5.39. The van der Waals surface area contributed by atoms with Gasteiger partial charge in [-0.2, -0.15) is 5.10 Å². The Balaban J connectivity index is 2.43. The molecule has 17 heavy (non-hydrogen) atoms. The molecule has 0 saturated carbocycles. The van der Waals surface area contributed by atoms with E-state index >= 15 is 0 Å². The van der Waals surface area contributed by atoms with Crippen LogP contribution in [0.4, 0.5) is 4.39 Å². The molecule has 1 N–H and O–H groups in total. The third-order valence-electron chi connectivity index (χ3n) is 2.71. The van der Waals surface area contributed by atoms with Crippen LogP contribution in [-0.2, 0) is 7.05 Å². The van der Waals surface area contributed by atoms with Crippen LogP contribution in [0.3, 0.4) is 0 Å². The van der Waals surface area contributed by atoms with E-state index in [2.05, 4.69) is 15.4 Å². The molecule has 2 heterocycles. The van der Waals surface area contributed by atoms with Gasteiger partial charge in [-0.05, 0) is 25.6 Å². The molecule has 0 spiro atoms. The molecule has 1 unspecified atom stereocenters. The van der Waals surface area contributed by atoms with Crippen LogP contribution >= 0.6 is 0 Å². The largest absolute Gasteiger partial charge is 0.309 e. The number of halogens is 1. The molecule has 90 valence electrons. The maximum absolute atomic E-state index is 13.2. The number of pyridine rings is 1. The molecule has 0 aliphatic heterocycles. The second kappa shape index (κ2) is 4.63. The van der Waals surface area contributed by atoms with Crippen molar-refractivity contribution in [3.63, 3.8) is 0 Å². The standard InChI is InChI=1S/C12H15FN4/c1-8-11(7-17(3)16-8)12(14-2)9-4-10(13)6-15-5-9/h4-7,12,14H,1-3H3. The molecule has 2 rings (SSSR count). The van der Waals surface area contributed by atoms with E-state index in [0.717, 1.165) is 16.8 Å². The zero-order chi connectivity index (χ0) is 12.4. The monoisotopic (exact) mass is 234 g/mol. The van der Waals surface area contributed by atoms with Crippen molar-refractivity contribution in [2.24, 2.45) is 7.05 Å². The van der Waals surface area contributed by atoms with E-state index in [1.165, 1.54) is 12.3 Å². The van der Waals surface area contributed by atoms with Crippen LogP contribution in [0.5, 0.6) is 0 Å². The molecule has 0 aromatic carbocycles. The molecule has 0 amide bonds. The Hall–Kier alpha value is -1.75. The Morgan fingerprint density at radius 1 is 1.41 bits per heavy atom. The minimum atomic E-state index is -0.329. The lowest BCUT2D eigenvalue weighted by Crippen LogP contribution is -2.18. The van der Waals surface area contributed by atoms with E-state index in [-0.39, 0.29) is 11.9 Å². The quantitative estimate of drug-likeness (QED) is 0.876. The third kappa shape index (κ3) is 2.34. The summed E-state index contributed by atoms with van der Waals surface area (Å²) in [5, 5.41) is 7.45. The first-order valence-electron chi connectivity index (χ1n) is 5.39. The smallest absolute Gasteiger partial charge is 0.141 e. The molecule has 2 aromatic heterocycles. The highest BCUT2D eigenvalue weighted by atomic mass is 19.1. The maximum atomic E-state index is 13.2. The molecule has 0 fully saturated rings. The van der Waals surface area contributed by atoms with E-state index in [9.17, 15) is 4.39 Å². The molecule has 0 aliphatic rings. The van der Waals surface area contributed by atoms with Crippen LogP contribution in [0.25, 0.3) is 0 Å². The molecule has 4 nitrogen and oxygen atoms in total. The van der Waals surface area contributed by atoms with Gasteiger partial charge in [0.15, 0.2) is 0 Å². The fourth-order valence-electron chi connectivity index (χ4n) is 1.99. The second-order valence-electron chi connectivity index (χ2n) is 4.00. The molecule has 0 aliphatic carbocycles. The van der Waals surface area contributed by atoms with Gasteiger partial charge < -0.3 is 5.32 Å². The predicted octanol–water partition coefficient (Wildman–Crippen LogP) is 1.57. The normalized spacial score (nSPS) is 12.7. The van der Waals surface area contributed by atoms with Crippen LogP contribution in [-0.4, -0.2) is 21.8 Å². The molecule has 0 bridgehead atoms. The van der Waals surface area contributed by atoms with Crippen molar-refractivity contribution in [3.05, 3.63) is 47.3 Å². The van der Waals surface area contributed by atoms with Gasteiger partial charge in [-0.25, -0.2) is 4.39 Å². The Morgan fingerprint density at radius 2 is 2.18 bits per heavy atom. The number of hydrogen-bond acceptors (Lipinski definition) is 3. The molecule has 2 aromatic rings.